The fourth-order valence-corrected chi connectivity index (χ4v) is 0.780. The van der Waals surface area contributed by atoms with E-state index >= 15 is 0 Å². The average Bonchev–Trinajstić information content (AvgIpc) is 1.78. The second kappa shape index (κ2) is 4.45. The van der Waals surface area contributed by atoms with Crippen LogP contribution in [0.1, 0.15) is 27.2 Å². The van der Waals surface area contributed by atoms with Crippen LogP contribution in [0.3, 0.4) is 0 Å². The van der Waals surface area contributed by atoms with E-state index in [4.69, 9.17) is 4.43 Å². The van der Waals surface area contributed by atoms with Crippen LogP contribution in [0.25, 0.3) is 0 Å². The van der Waals surface area contributed by atoms with E-state index in [1.807, 2.05) is 0 Å². The van der Waals surface area contributed by atoms with Gasteiger partial charge in [-0.1, -0.05) is 26.7 Å². The Morgan fingerprint density at radius 2 is 1.82 bits per heavy atom. The highest BCUT2D eigenvalue weighted by atomic mass is 28.3. The van der Waals surface area contributed by atoms with Crippen LogP contribution in [0, 0.1) is 17.4 Å². The highest BCUT2D eigenvalue weighted by molar-refractivity contribution is 6.48. The van der Waals surface area contributed by atoms with Gasteiger partial charge >= 0.3 is 0 Å². The first kappa shape index (κ1) is 10.6. The topological polar surface area (TPSA) is 9.23 Å². The summed E-state index contributed by atoms with van der Waals surface area (Å²) >= 11 is 0. The van der Waals surface area contributed by atoms with Crippen LogP contribution in [0.15, 0.2) is 0 Å². The molecule has 0 aromatic heterocycles. The minimum atomic E-state index is -0.930. The van der Waals surface area contributed by atoms with Crippen molar-refractivity contribution >= 4 is 9.04 Å². The van der Waals surface area contributed by atoms with Crippen LogP contribution >= 0.6 is 0 Å². The van der Waals surface area contributed by atoms with Crippen molar-refractivity contribution in [2.45, 2.75) is 40.3 Å². The van der Waals surface area contributed by atoms with Gasteiger partial charge in [-0.15, -0.1) is 0 Å². The molecule has 0 aliphatic carbocycles. The van der Waals surface area contributed by atoms with E-state index in [0.717, 1.165) is 6.42 Å². The number of rotatable bonds is 1. The van der Waals surface area contributed by atoms with Crippen molar-refractivity contribution in [1.82, 2.24) is 0 Å². The SMILES string of the molecule is C[SiH](C)OC#CCC(C)(C)C. The van der Waals surface area contributed by atoms with E-state index in [9.17, 15) is 0 Å². The van der Waals surface area contributed by atoms with Gasteiger partial charge in [0.2, 0.25) is 9.04 Å². The summed E-state index contributed by atoms with van der Waals surface area (Å²) in [4.78, 5) is 0. The predicted molar refractivity (Wildman–Crippen MR) is 51.8 cm³/mol. The van der Waals surface area contributed by atoms with Crippen molar-refractivity contribution in [1.29, 1.82) is 0 Å². The molecule has 1 nitrogen and oxygen atoms in total. The van der Waals surface area contributed by atoms with Crippen molar-refractivity contribution in [3.63, 3.8) is 0 Å². The zero-order chi connectivity index (χ0) is 8.91. The van der Waals surface area contributed by atoms with Crippen LogP contribution in [0.4, 0.5) is 0 Å². The molecule has 0 spiro atoms. The van der Waals surface area contributed by atoms with Crippen molar-refractivity contribution < 1.29 is 4.43 Å². The summed E-state index contributed by atoms with van der Waals surface area (Å²) in [7, 11) is -0.930. The van der Waals surface area contributed by atoms with Gasteiger partial charge in [0.15, 0.2) is 0 Å². The summed E-state index contributed by atoms with van der Waals surface area (Å²) in [5, 5.41) is 0. The van der Waals surface area contributed by atoms with Crippen molar-refractivity contribution in [2.24, 2.45) is 5.41 Å². The Hall–Kier alpha value is -0.423. The molecule has 11 heavy (non-hydrogen) atoms. The Bertz CT molecular complexity index is 157. The molecule has 0 N–H and O–H groups in total. The van der Waals surface area contributed by atoms with E-state index in [0.29, 0.717) is 5.41 Å². The van der Waals surface area contributed by atoms with Crippen molar-refractivity contribution in [3.05, 3.63) is 0 Å². The van der Waals surface area contributed by atoms with Gasteiger partial charge in [-0.05, 0) is 18.5 Å². The van der Waals surface area contributed by atoms with Gasteiger partial charge in [-0.25, -0.2) is 0 Å². The third kappa shape index (κ3) is 9.58. The second-order valence-corrected chi connectivity index (χ2v) is 6.52. The highest BCUT2D eigenvalue weighted by Gasteiger charge is 2.06. The lowest BCUT2D eigenvalue weighted by atomic mass is 9.93. The molecule has 0 rings (SSSR count). The summed E-state index contributed by atoms with van der Waals surface area (Å²) < 4.78 is 5.22. The standard InChI is InChI=1S/C9H18OSi/c1-9(2,3)7-6-8-10-11(4)5/h11H,7H2,1-5H3. The summed E-state index contributed by atoms with van der Waals surface area (Å²) in [6.45, 7) is 10.8. The van der Waals surface area contributed by atoms with Crippen LogP contribution in [0.2, 0.25) is 13.1 Å². The van der Waals surface area contributed by atoms with E-state index in [-0.39, 0.29) is 0 Å². The molecule has 0 saturated carbocycles. The lowest BCUT2D eigenvalue weighted by Gasteiger charge is -2.12. The van der Waals surface area contributed by atoms with Gasteiger partial charge in [-0.3, -0.25) is 0 Å². The Morgan fingerprint density at radius 3 is 2.18 bits per heavy atom. The Morgan fingerprint density at radius 1 is 1.27 bits per heavy atom. The molecule has 0 radical (unpaired) electrons. The molecule has 2 heteroatoms. The highest BCUT2D eigenvalue weighted by Crippen LogP contribution is 2.16. The zero-order valence-corrected chi connectivity index (χ0v) is 9.35. The van der Waals surface area contributed by atoms with E-state index in [1.165, 1.54) is 0 Å². The molecule has 0 bridgehead atoms. The minimum absolute atomic E-state index is 0.300. The molecule has 0 aromatic rings. The molecule has 0 saturated heterocycles. The summed E-state index contributed by atoms with van der Waals surface area (Å²) in [5.41, 5.74) is 0.300. The van der Waals surface area contributed by atoms with E-state index < -0.39 is 9.04 Å². The van der Waals surface area contributed by atoms with Gasteiger partial charge in [0, 0.05) is 6.42 Å². The van der Waals surface area contributed by atoms with Gasteiger partial charge in [-0.2, -0.15) is 0 Å². The largest absolute Gasteiger partial charge is 0.505 e. The monoisotopic (exact) mass is 170 g/mol. The summed E-state index contributed by atoms with van der Waals surface area (Å²) in [6, 6.07) is 0. The van der Waals surface area contributed by atoms with E-state index in [1.54, 1.807) is 0 Å². The van der Waals surface area contributed by atoms with Crippen LogP contribution in [0.5, 0.6) is 0 Å². The molecule has 0 aliphatic heterocycles. The fraction of sp³-hybridized carbons (Fsp3) is 0.778. The Labute approximate surface area is 71.9 Å². The third-order valence-electron chi connectivity index (χ3n) is 0.986. The molecule has 0 atom stereocenters. The van der Waals surface area contributed by atoms with Crippen LogP contribution in [-0.4, -0.2) is 9.04 Å². The maximum Gasteiger partial charge on any atom is 0.244 e. The quantitative estimate of drug-likeness (QED) is 0.434. The van der Waals surface area contributed by atoms with Gasteiger partial charge in [0.05, 0.1) is 6.11 Å². The maximum atomic E-state index is 5.22. The lowest BCUT2D eigenvalue weighted by molar-refractivity contribution is 0.425. The van der Waals surface area contributed by atoms with Gasteiger partial charge in [0.1, 0.15) is 0 Å². The molecule has 0 amide bonds. The van der Waals surface area contributed by atoms with Crippen molar-refractivity contribution in [2.75, 3.05) is 0 Å². The Kier molecular flexibility index (Phi) is 4.28. The van der Waals surface area contributed by atoms with Crippen molar-refractivity contribution in [3.8, 4) is 12.0 Å². The Balaban J connectivity index is 3.57. The average molecular weight is 170 g/mol. The maximum absolute atomic E-state index is 5.22. The molecule has 0 unspecified atom stereocenters. The summed E-state index contributed by atoms with van der Waals surface area (Å²) in [5.74, 6) is 3.02. The first-order valence-corrected chi connectivity index (χ1v) is 6.83. The normalized spacial score (nSPS) is 10.7. The second-order valence-electron chi connectivity index (χ2n) is 4.18. The van der Waals surface area contributed by atoms with Crippen LogP contribution < -0.4 is 0 Å². The lowest BCUT2D eigenvalue weighted by Crippen LogP contribution is -2.04. The van der Waals surface area contributed by atoms with Crippen LogP contribution in [-0.2, 0) is 4.43 Å². The molecule has 0 heterocycles. The third-order valence-corrected chi connectivity index (χ3v) is 1.57. The molecule has 0 fully saturated rings. The minimum Gasteiger partial charge on any atom is -0.505 e. The molecular formula is C9H18OSi. The number of hydrogen-bond acceptors (Lipinski definition) is 1. The van der Waals surface area contributed by atoms with Gasteiger partial charge < -0.3 is 4.43 Å². The molecule has 64 valence electrons. The summed E-state index contributed by atoms with van der Waals surface area (Å²) in [6.07, 6.45) is 3.66. The fourth-order valence-electron chi connectivity index (χ4n) is 0.461. The molecule has 0 aliphatic rings. The van der Waals surface area contributed by atoms with Gasteiger partial charge in [0.25, 0.3) is 0 Å². The molecule has 0 aromatic carbocycles. The zero-order valence-electron chi connectivity index (χ0n) is 8.19. The first-order chi connectivity index (χ1) is 4.92. The first-order valence-electron chi connectivity index (χ1n) is 4.05. The van der Waals surface area contributed by atoms with E-state index in [2.05, 4.69) is 45.9 Å². The molecular weight excluding hydrogens is 152 g/mol. The predicted octanol–water partition coefficient (Wildman–Crippen LogP) is 2.38. The number of hydrogen-bond donors (Lipinski definition) is 0. The smallest absolute Gasteiger partial charge is 0.244 e.